The molecule has 3 aromatic carbocycles. The van der Waals surface area contributed by atoms with Gasteiger partial charge >= 0.3 is 0 Å². The van der Waals surface area contributed by atoms with Crippen molar-refractivity contribution < 1.29 is 4.79 Å². The number of anilines is 1. The SMILES string of the molecule is O=C1c2cccc3cccc(c23)N1CN1CCc2ccccc2C1. The number of amides is 1. The molecule has 118 valence electrons. The van der Waals surface area contributed by atoms with Gasteiger partial charge in [0.1, 0.15) is 0 Å². The number of rotatable bonds is 2. The van der Waals surface area contributed by atoms with Crippen molar-refractivity contribution in [1.29, 1.82) is 0 Å². The Bertz CT molecular complexity index is 958. The Morgan fingerprint density at radius 1 is 0.875 bits per heavy atom. The maximum atomic E-state index is 12.9. The zero-order chi connectivity index (χ0) is 16.1. The third-order valence-electron chi connectivity index (χ3n) is 5.20. The van der Waals surface area contributed by atoms with Crippen LogP contribution in [0.15, 0.2) is 60.7 Å². The number of benzene rings is 3. The summed E-state index contributed by atoms with van der Waals surface area (Å²) in [5.41, 5.74) is 4.70. The second kappa shape index (κ2) is 5.18. The summed E-state index contributed by atoms with van der Waals surface area (Å²) < 4.78 is 0. The van der Waals surface area contributed by atoms with Crippen LogP contribution in [0.3, 0.4) is 0 Å². The molecule has 0 aromatic heterocycles. The third kappa shape index (κ3) is 1.98. The predicted molar refractivity (Wildman–Crippen MR) is 96.2 cm³/mol. The lowest BCUT2D eigenvalue weighted by atomic mass is 10.0. The maximum Gasteiger partial charge on any atom is 0.260 e. The predicted octanol–water partition coefficient (Wildman–Crippen LogP) is 3.82. The molecule has 0 atom stereocenters. The summed E-state index contributed by atoms with van der Waals surface area (Å²) in [5.74, 6) is 0.126. The molecule has 0 unspecified atom stereocenters. The van der Waals surface area contributed by atoms with Crippen LogP contribution in [0, 0.1) is 0 Å². The topological polar surface area (TPSA) is 23.6 Å². The van der Waals surface area contributed by atoms with E-state index in [4.69, 9.17) is 0 Å². The van der Waals surface area contributed by atoms with Gasteiger partial charge in [-0.1, -0.05) is 48.5 Å². The Kier molecular flexibility index (Phi) is 2.97. The number of carbonyl (C=O) groups excluding carboxylic acids is 1. The molecule has 0 saturated heterocycles. The number of hydrogen-bond acceptors (Lipinski definition) is 2. The van der Waals surface area contributed by atoms with E-state index >= 15 is 0 Å². The third-order valence-corrected chi connectivity index (χ3v) is 5.20. The van der Waals surface area contributed by atoms with Gasteiger partial charge in [-0.3, -0.25) is 14.6 Å². The Morgan fingerprint density at radius 2 is 1.67 bits per heavy atom. The summed E-state index contributed by atoms with van der Waals surface area (Å²) in [7, 11) is 0. The minimum Gasteiger partial charge on any atom is -0.294 e. The van der Waals surface area contributed by atoms with Crippen LogP contribution in [0.25, 0.3) is 10.8 Å². The summed E-state index contributed by atoms with van der Waals surface area (Å²) in [6.07, 6.45) is 1.05. The lowest BCUT2D eigenvalue weighted by Crippen LogP contribution is -2.42. The molecule has 0 saturated carbocycles. The molecule has 0 spiro atoms. The quantitative estimate of drug-likeness (QED) is 0.718. The van der Waals surface area contributed by atoms with E-state index in [1.165, 1.54) is 11.1 Å². The van der Waals surface area contributed by atoms with E-state index in [-0.39, 0.29) is 5.91 Å². The molecule has 0 aliphatic carbocycles. The Hall–Kier alpha value is -2.65. The summed E-state index contributed by atoms with van der Waals surface area (Å²) in [4.78, 5) is 17.2. The van der Waals surface area contributed by atoms with Crippen molar-refractivity contribution in [2.45, 2.75) is 13.0 Å². The highest BCUT2D eigenvalue weighted by atomic mass is 16.2. The maximum absolute atomic E-state index is 12.9. The molecule has 24 heavy (non-hydrogen) atoms. The van der Waals surface area contributed by atoms with E-state index in [1.807, 2.05) is 23.1 Å². The molecule has 3 nitrogen and oxygen atoms in total. The first-order valence-electron chi connectivity index (χ1n) is 8.44. The van der Waals surface area contributed by atoms with Crippen LogP contribution in [0.2, 0.25) is 0 Å². The lowest BCUT2D eigenvalue weighted by molar-refractivity contribution is 0.0971. The van der Waals surface area contributed by atoms with Crippen LogP contribution in [-0.2, 0) is 13.0 Å². The van der Waals surface area contributed by atoms with Crippen LogP contribution < -0.4 is 4.90 Å². The van der Waals surface area contributed by atoms with Crippen molar-refractivity contribution in [2.24, 2.45) is 0 Å². The van der Waals surface area contributed by atoms with Gasteiger partial charge in [0.25, 0.3) is 5.91 Å². The van der Waals surface area contributed by atoms with E-state index in [9.17, 15) is 4.79 Å². The van der Waals surface area contributed by atoms with Gasteiger partial charge in [0.2, 0.25) is 0 Å². The summed E-state index contributed by atoms with van der Waals surface area (Å²) in [6.45, 7) is 2.56. The first-order chi connectivity index (χ1) is 11.8. The van der Waals surface area contributed by atoms with Gasteiger partial charge in [0, 0.05) is 24.0 Å². The van der Waals surface area contributed by atoms with E-state index in [1.54, 1.807) is 0 Å². The van der Waals surface area contributed by atoms with Crippen molar-refractivity contribution in [3.63, 3.8) is 0 Å². The molecule has 0 fully saturated rings. The van der Waals surface area contributed by atoms with Crippen molar-refractivity contribution in [3.8, 4) is 0 Å². The highest BCUT2D eigenvalue weighted by Gasteiger charge is 2.31. The minimum atomic E-state index is 0.126. The molecule has 3 aromatic rings. The average molecular weight is 314 g/mol. The van der Waals surface area contributed by atoms with Gasteiger partial charge in [-0.15, -0.1) is 0 Å². The fourth-order valence-corrected chi connectivity index (χ4v) is 3.99. The molecule has 2 heterocycles. The highest BCUT2D eigenvalue weighted by molar-refractivity contribution is 6.24. The van der Waals surface area contributed by atoms with Crippen LogP contribution in [0.5, 0.6) is 0 Å². The minimum absolute atomic E-state index is 0.126. The standard InChI is InChI=1S/C21H18N2O/c24-21-18-9-3-7-16-8-4-10-19(20(16)18)23(21)14-22-12-11-15-5-1-2-6-17(15)13-22/h1-10H,11-14H2. The van der Waals surface area contributed by atoms with E-state index in [2.05, 4.69) is 47.4 Å². The molecule has 0 radical (unpaired) electrons. The van der Waals surface area contributed by atoms with Crippen molar-refractivity contribution in [3.05, 3.63) is 77.4 Å². The zero-order valence-electron chi connectivity index (χ0n) is 13.4. The Balaban J connectivity index is 1.47. The summed E-state index contributed by atoms with van der Waals surface area (Å²) in [5, 5.41) is 2.24. The smallest absolute Gasteiger partial charge is 0.260 e. The largest absolute Gasteiger partial charge is 0.294 e. The van der Waals surface area contributed by atoms with Crippen LogP contribution in [0.4, 0.5) is 5.69 Å². The van der Waals surface area contributed by atoms with Crippen LogP contribution in [0.1, 0.15) is 21.5 Å². The average Bonchev–Trinajstić information content (AvgIpc) is 2.90. The molecular formula is C21H18N2O. The monoisotopic (exact) mass is 314 g/mol. The fraction of sp³-hybridized carbons (Fsp3) is 0.190. The Morgan fingerprint density at radius 3 is 2.54 bits per heavy atom. The molecule has 5 rings (SSSR count). The number of nitrogens with zero attached hydrogens (tertiary/aromatic N) is 2. The fourth-order valence-electron chi connectivity index (χ4n) is 3.99. The van der Waals surface area contributed by atoms with Crippen molar-refractivity contribution in [2.75, 3.05) is 18.1 Å². The van der Waals surface area contributed by atoms with Gasteiger partial charge in [-0.25, -0.2) is 0 Å². The molecule has 0 N–H and O–H groups in total. The summed E-state index contributed by atoms with van der Waals surface area (Å²) >= 11 is 0. The lowest BCUT2D eigenvalue weighted by Gasteiger charge is -2.32. The summed E-state index contributed by atoms with van der Waals surface area (Å²) in [6, 6.07) is 20.8. The number of carbonyl (C=O) groups is 1. The van der Waals surface area contributed by atoms with Gasteiger partial charge in [0.05, 0.1) is 12.4 Å². The number of hydrogen-bond donors (Lipinski definition) is 0. The first kappa shape index (κ1) is 13.8. The second-order valence-corrected chi connectivity index (χ2v) is 6.63. The molecule has 0 bridgehead atoms. The molecule has 1 amide bonds. The van der Waals surface area contributed by atoms with Gasteiger partial charge in [0.15, 0.2) is 0 Å². The molecule has 2 aliphatic heterocycles. The van der Waals surface area contributed by atoms with Gasteiger partial charge < -0.3 is 0 Å². The zero-order valence-corrected chi connectivity index (χ0v) is 13.4. The number of fused-ring (bicyclic) bond motifs is 1. The van der Waals surface area contributed by atoms with E-state index in [0.29, 0.717) is 6.67 Å². The van der Waals surface area contributed by atoms with Crippen LogP contribution in [-0.4, -0.2) is 24.0 Å². The second-order valence-electron chi connectivity index (χ2n) is 6.63. The molecule has 2 aliphatic rings. The van der Waals surface area contributed by atoms with Gasteiger partial charge in [-0.05, 0) is 35.1 Å². The van der Waals surface area contributed by atoms with E-state index < -0.39 is 0 Å². The van der Waals surface area contributed by atoms with E-state index in [0.717, 1.165) is 41.5 Å². The molecule has 3 heteroatoms. The molecular weight excluding hydrogens is 296 g/mol. The Labute approximate surface area is 141 Å². The highest BCUT2D eigenvalue weighted by Crippen LogP contribution is 2.37. The first-order valence-corrected chi connectivity index (χ1v) is 8.44. The van der Waals surface area contributed by atoms with Gasteiger partial charge in [-0.2, -0.15) is 0 Å². The van der Waals surface area contributed by atoms with Crippen molar-refractivity contribution in [1.82, 2.24) is 4.90 Å². The van der Waals surface area contributed by atoms with Crippen molar-refractivity contribution >= 4 is 22.4 Å². The normalized spacial score (nSPS) is 16.7. The van der Waals surface area contributed by atoms with Crippen LogP contribution >= 0.6 is 0 Å².